The highest BCUT2D eigenvalue weighted by Crippen LogP contribution is 2.37. The molecule has 0 spiro atoms. The molecule has 1 aliphatic rings. The van der Waals surface area contributed by atoms with Crippen molar-refractivity contribution < 1.29 is 33.3 Å². The van der Waals surface area contributed by atoms with Crippen LogP contribution in [-0.4, -0.2) is 108 Å². The van der Waals surface area contributed by atoms with Crippen LogP contribution in [0.1, 0.15) is 5.56 Å². The number of rotatable bonds is 12. The van der Waals surface area contributed by atoms with E-state index in [9.17, 15) is 28.2 Å². The van der Waals surface area contributed by atoms with E-state index in [4.69, 9.17) is 5.11 Å². The highest BCUT2D eigenvalue weighted by atomic mass is 32.2. The van der Waals surface area contributed by atoms with Crippen molar-refractivity contribution in [3.8, 4) is 0 Å². The third-order valence-electron chi connectivity index (χ3n) is 6.30. The van der Waals surface area contributed by atoms with Crippen molar-refractivity contribution in [1.82, 2.24) is 15.1 Å². The standard InChI is InChI=1S/C26H35F3N4O4S/c1-38-24-8-3-2-7-23(24)33(20-6-4-5-19(13-20)26(27,28)29)16-22(36)15-31-9-11-32(12-10-31)17-25(37)30-14-21(35)18-34/h2-8,13,21-22,34-36H,9-12,14-18H2,1H3,(H,30,37). The Balaban J connectivity index is 1.63. The number of hydrogen-bond donors (Lipinski definition) is 4. The van der Waals surface area contributed by atoms with Crippen LogP contribution in [0.3, 0.4) is 0 Å². The molecular weight excluding hydrogens is 521 g/mol. The van der Waals surface area contributed by atoms with Gasteiger partial charge in [-0.1, -0.05) is 18.2 Å². The molecule has 0 saturated carbocycles. The number of alkyl halides is 3. The predicted molar refractivity (Wildman–Crippen MR) is 142 cm³/mol. The molecule has 0 radical (unpaired) electrons. The third kappa shape index (κ3) is 8.85. The van der Waals surface area contributed by atoms with Crippen LogP contribution in [0.4, 0.5) is 24.5 Å². The molecule has 0 bridgehead atoms. The molecule has 12 heteroatoms. The molecule has 1 fully saturated rings. The molecule has 38 heavy (non-hydrogen) atoms. The Bertz CT molecular complexity index is 1040. The quantitative estimate of drug-likeness (QED) is 0.295. The van der Waals surface area contributed by atoms with Crippen molar-refractivity contribution in [1.29, 1.82) is 0 Å². The number of carbonyl (C=O) groups is 1. The number of benzene rings is 2. The highest BCUT2D eigenvalue weighted by molar-refractivity contribution is 7.98. The van der Waals surface area contributed by atoms with E-state index in [1.165, 1.54) is 17.8 Å². The summed E-state index contributed by atoms with van der Waals surface area (Å²) in [6.45, 7) is 2.63. The van der Waals surface area contributed by atoms with Crippen LogP contribution in [0.2, 0.25) is 0 Å². The summed E-state index contributed by atoms with van der Waals surface area (Å²) in [6.07, 6.45) is -4.41. The van der Waals surface area contributed by atoms with E-state index >= 15 is 0 Å². The molecule has 1 heterocycles. The minimum atomic E-state index is -4.48. The van der Waals surface area contributed by atoms with Gasteiger partial charge in [0.1, 0.15) is 0 Å². The Hall–Kier alpha value is -2.35. The molecule has 1 aliphatic heterocycles. The summed E-state index contributed by atoms with van der Waals surface area (Å²) in [4.78, 5) is 18.7. The van der Waals surface area contributed by atoms with E-state index in [0.29, 0.717) is 38.4 Å². The maximum atomic E-state index is 13.4. The largest absolute Gasteiger partial charge is 0.416 e. The maximum absolute atomic E-state index is 13.4. The lowest BCUT2D eigenvalue weighted by molar-refractivity contribution is -0.137. The number of piperazine rings is 1. The fourth-order valence-electron chi connectivity index (χ4n) is 4.30. The number of nitrogens with zero attached hydrogens (tertiary/aromatic N) is 3. The van der Waals surface area contributed by atoms with Gasteiger partial charge in [0, 0.05) is 49.9 Å². The summed E-state index contributed by atoms with van der Waals surface area (Å²) in [6, 6.07) is 12.5. The van der Waals surface area contributed by atoms with Gasteiger partial charge in [-0.15, -0.1) is 11.8 Å². The van der Waals surface area contributed by atoms with Gasteiger partial charge in [-0.2, -0.15) is 13.2 Å². The molecule has 4 N–H and O–H groups in total. The number of para-hydroxylation sites is 1. The second kappa shape index (κ2) is 14.2. The van der Waals surface area contributed by atoms with Crippen molar-refractivity contribution >= 4 is 29.0 Å². The fourth-order valence-corrected chi connectivity index (χ4v) is 4.90. The van der Waals surface area contributed by atoms with Crippen LogP contribution in [0, 0.1) is 0 Å². The van der Waals surface area contributed by atoms with E-state index < -0.39 is 30.6 Å². The van der Waals surface area contributed by atoms with Crippen LogP contribution in [0.25, 0.3) is 0 Å². The van der Waals surface area contributed by atoms with Gasteiger partial charge in [0.2, 0.25) is 5.91 Å². The zero-order chi connectivity index (χ0) is 27.7. The summed E-state index contributed by atoms with van der Waals surface area (Å²) in [5.74, 6) is -0.241. The number of aliphatic hydroxyl groups excluding tert-OH is 3. The van der Waals surface area contributed by atoms with Gasteiger partial charge < -0.3 is 25.5 Å². The molecule has 1 saturated heterocycles. The Morgan fingerprint density at radius 2 is 1.74 bits per heavy atom. The molecule has 0 aliphatic carbocycles. The lowest BCUT2D eigenvalue weighted by atomic mass is 10.1. The van der Waals surface area contributed by atoms with Gasteiger partial charge in [-0.25, -0.2) is 0 Å². The molecule has 1 amide bonds. The summed E-state index contributed by atoms with van der Waals surface area (Å²) < 4.78 is 40.3. The van der Waals surface area contributed by atoms with Crippen molar-refractivity contribution in [3.63, 3.8) is 0 Å². The van der Waals surface area contributed by atoms with Gasteiger partial charge in [0.05, 0.1) is 43.2 Å². The Morgan fingerprint density at radius 3 is 2.39 bits per heavy atom. The first-order chi connectivity index (χ1) is 18.1. The number of thioether (sulfide) groups is 1. The summed E-state index contributed by atoms with van der Waals surface area (Å²) in [5, 5.41) is 31.8. The number of β-amino-alcohol motifs (C(OH)–C–C–N with tert-alkyl or cyclic N) is 1. The minimum absolute atomic E-state index is 0.0104. The monoisotopic (exact) mass is 556 g/mol. The number of hydrogen-bond acceptors (Lipinski definition) is 8. The number of nitrogens with one attached hydrogen (secondary N) is 1. The van der Waals surface area contributed by atoms with Crippen LogP contribution in [-0.2, 0) is 11.0 Å². The van der Waals surface area contributed by atoms with Crippen LogP contribution < -0.4 is 10.2 Å². The second-order valence-corrected chi connectivity index (χ2v) is 10.0. The van der Waals surface area contributed by atoms with Crippen LogP contribution in [0.5, 0.6) is 0 Å². The van der Waals surface area contributed by atoms with Crippen LogP contribution >= 0.6 is 11.8 Å². The average Bonchev–Trinajstić information content (AvgIpc) is 2.91. The van der Waals surface area contributed by atoms with Gasteiger partial charge in [0.25, 0.3) is 0 Å². The molecule has 8 nitrogen and oxygen atoms in total. The maximum Gasteiger partial charge on any atom is 0.416 e. The normalized spacial score (nSPS) is 16.7. The zero-order valence-corrected chi connectivity index (χ0v) is 22.1. The molecule has 210 valence electrons. The third-order valence-corrected chi connectivity index (χ3v) is 7.09. The topological polar surface area (TPSA) is 99.5 Å². The molecule has 2 atom stereocenters. The van der Waals surface area contributed by atoms with E-state index in [-0.39, 0.29) is 25.5 Å². The molecule has 3 rings (SSSR count). The predicted octanol–water partition coefficient (Wildman–Crippen LogP) is 2.01. The van der Waals surface area contributed by atoms with E-state index in [2.05, 4.69) is 10.2 Å². The Kier molecular flexibility index (Phi) is 11.2. The number of halogens is 3. The molecular formula is C26H35F3N4O4S. The van der Waals surface area contributed by atoms with Crippen LogP contribution in [0.15, 0.2) is 53.4 Å². The zero-order valence-electron chi connectivity index (χ0n) is 21.3. The molecule has 2 aromatic carbocycles. The van der Waals surface area contributed by atoms with Crippen molar-refractivity contribution in [2.24, 2.45) is 0 Å². The lowest BCUT2D eigenvalue weighted by Crippen LogP contribution is -2.52. The fraction of sp³-hybridized carbons (Fsp3) is 0.500. The SMILES string of the molecule is CSc1ccccc1N(CC(O)CN1CCN(CC(=O)NCC(O)CO)CC1)c1cccc(C(F)(F)F)c1. The van der Waals surface area contributed by atoms with Gasteiger partial charge in [-0.05, 0) is 36.6 Å². The summed E-state index contributed by atoms with van der Waals surface area (Å²) >= 11 is 1.48. The Morgan fingerprint density at radius 1 is 1.05 bits per heavy atom. The van der Waals surface area contributed by atoms with Crippen molar-refractivity contribution in [2.45, 2.75) is 23.3 Å². The van der Waals surface area contributed by atoms with Gasteiger partial charge in [-0.3, -0.25) is 14.6 Å². The van der Waals surface area contributed by atoms with E-state index in [1.807, 2.05) is 35.4 Å². The lowest BCUT2D eigenvalue weighted by Gasteiger charge is -2.36. The first-order valence-electron chi connectivity index (χ1n) is 12.4. The van der Waals surface area contributed by atoms with E-state index in [1.54, 1.807) is 11.0 Å². The van der Waals surface area contributed by atoms with E-state index in [0.717, 1.165) is 22.7 Å². The van der Waals surface area contributed by atoms with Crippen molar-refractivity contribution in [3.05, 3.63) is 54.1 Å². The van der Waals surface area contributed by atoms with Gasteiger partial charge in [0.15, 0.2) is 0 Å². The summed E-state index contributed by atoms with van der Waals surface area (Å²) in [7, 11) is 0. The number of amides is 1. The smallest absolute Gasteiger partial charge is 0.394 e. The minimum Gasteiger partial charge on any atom is -0.394 e. The molecule has 0 aromatic heterocycles. The molecule has 2 aromatic rings. The second-order valence-electron chi connectivity index (χ2n) is 9.20. The first kappa shape index (κ1) is 30.2. The highest BCUT2D eigenvalue weighted by Gasteiger charge is 2.31. The van der Waals surface area contributed by atoms with Crippen molar-refractivity contribution in [2.75, 3.05) is 70.1 Å². The number of carbonyl (C=O) groups excluding carboxylic acids is 1. The Labute approximate surface area is 225 Å². The molecule has 2 unspecified atom stereocenters. The summed E-state index contributed by atoms with van der Waals surface area (Å²) in [5.41, 5.74) is 0.324. The van der Waals surface area contributed by atoms with Gasteiger partial charge >= 0.3 is 6.18 Å². The first-order valence-corrected chi connectivity index (χ1v) is 13.6. The average molecular weight is 557 g/mol. The number of anilines is 2. The number of aliphatic hydroxyl groups is 3.